The summed E-state index contributed by atoms with van der Waals surface area (Å²) >= 11 is 2.23. The minimum absolute atomic E-state index is 0.00348. The number of carbonyl (C=O) groups excluding carboxylic acids is 1. The molecule has 2 fully saturated rings. The zero-order chi connectivity index (χ0) is 16.4. The molecule has 2 rings (SSSR count). The van der Waals surface area contributed by atoms with Gasteiger partial charge in [-0.1, -0.05) is 69.5 Å². The third kappa shape index (κ3) is 3.49. The van der Waals surface area contributed by atoms with Crippen LogP contribution in [0.2, 0.25) is 0 Å². The molecule has 3 atom stereocenters. The summed E-state index contributed by atoms with van der Waals surface area (Å²) in [4.78, 5) is 12.5. The average Bonchev–Trinajstić information content (AvgIpc) is 2.50. The van der Waals surface area contributed by atoms with Gasteiger partial charge in [0.25, 0.3) is 0 Å². The SMILES string of the molecule is CCC(I)C(=O)OC(CC)(CC)C1(C)CC2CCCC(C2)C1. The number of fused-ring (bicyclic) bond motifs is 2. The second-order valence-electron chi connectivity index (χ2n) is 7.87. The smallest absolute Gasteiger partial charge is 0.319 e. The Kier molecular flexibility index (Phi) is 6.23. The van der Waals surface area contributed by atoms with Crippen molar-refractivity contribution in [1.29, 1.82) is 0 Å². The fourth-order valence-corrected chi connectivity index (χ4v) is 5.42. The van der Waals surface area contributed by atoms with E-state index in [4.69, 9.17) is 4.74 Å². The average molecular weight is 420 g/mol. The Labute approximate surface area is 150 Å². The maximum Gasteiger partial charge on any atom is 0.319 e. The number of hydrogen-bond donors (Lipinski definition) is 0. The van der Waals surface area contributed by atoms with Crippen LogP contribution in [0.1, 0.15) is 85.5 Å². The van der Waals surface area contributed by atoms with E-state index in [1.807, 2.05) is 0 Å². The third-order valence-electron chi connectivity index (χ3n) is 6.52. The van der Waals surface area contributed by atoms with Gasteiger partial charge in [0.15, 0.2) is 0 Å². The third-order valence-corrected chi connectivity index (χ3v) is 7.91. The van der Waals surface area contributed by atoms with E-state index in [2.05, 4.69) is 50.3 Å². The van der Waals surface area contributed by atoms with Crippen LogP contribution in [0.25, 0.3) is 0 Å². The molecule has 2 aliphatic rings. The normalized spacial score (nSPS) is 33.3. The summed E-state index contributed by atoms with van der Waals surface area (Å²) in [5, 5.41) is 0. The van der Waals surface area contributed by atoms with E-state index in [0.29, 0.717) is 0 Å². The lowest BCUT2D eigenvalue weighted by Crippen LogP contribution is -2.54. The fourth-order valence-electron chi connectivity index (χ4n) is 5.30. The number of alkyl halides is 1. The molecular weight excluding hydrogens is 387 g/mol. The van der Waals surface area contributed by atoms with Crippen LogP contribution in [0.3, 0.4) is 0 Å². The van der Waals surface area contributed by atoms with Gasteiger partial charge in [-0.25, -0.2) is 0 Å². The van der Waals surface area contributed by atoms with E-state index < -0.39 is 0 Å². The van der Waals surface area contributed by atoms with Crippen LogP contribution in [0.4, 0.5) is 0 Å². The summed E-state index contributed by atoms with van der Waals surface area (Å²) in [6.45, 7) is 8.89. The molecule has 0 radical (unpaired) electrons. The molecule has 0 aromatic heterocycles. The molecule has 22 heavy (non-hydrogen) atoms. The van der Waals surface area contributed by atoms with Crippen LogP contribution in [-0.4, -0.2) is 15.5 Å². The summed E-state index contributed by atoms with van der Waals surface area (Å²) in [7, 11) is 0. The van der Waals surface area contributed by atoms with Crippen LogP contribution in [0.5, 0.6) is 0 Å². The quantitative estimate of drug-likeness (QED) is 0.303. The highest BCUT2D eigenvalue weighted by Crippen LogP contribution is 2.56. The zero-order valence-corrected chi connectivity index (χ0v) is 16.9. The Morgan fingerprint density at radius 1 is 1.23 bits per heavy atom. The largest absolute Gasteiger partial charge is 0.458 e. The van der Waals surface area contributed by atoms with Gasteiger partial charge in [0.1, 0.15) is 9.53 Å². The van der Waals surface area contributed by atoms with Crippen molar-refractivity contribution in [3.05, 3.63) is 0 Å². The van der Waals surface area contributed by atoms with Crippen molar-refractivity contribution in [3.63, 3.8) is 0 Å². The number of carbonyl (C=O) groups is 1. The van der Waals surface area contributed by atoms with Crippen LogP contribution in [0.15, 0.2) is 0 Å². The molecule has 0 aromatic rings. The molecule has 0 heterocycles. The number of halogens is 1. The Morgan fingerprint density at radius 2 is 1.77 bits per heavy atom. The van der Waals surface area contributed by atoms with Gasteiger partial charge in [-0.05, 0) is 50.4 Å². The molecule has 0 spiro atoms. The Morgan fingerprint density at radius 3 is 2.23 bits per heavy atom. The summed E-state index contributed by atoms with van der Waals surface area (Å²) in [5.74, 6) is 1.72. The molecule has 0 amide bonds. The molecule has 0 aliphatic heterocycles. The number of esters is 1. The van der Waals surface area contributed by atoms with Crippen molar-refractivity contribution < 1.29 is 9.53 Å². The maximum absolute atomic E-state index is 12.5. The number of hydrogen-bond acceptors (Lipinski definition) is 2. The lowest BCUT2D eigenvalue weighted by atomic mass is 9.54. The molecule has 0 saturated heterocycles. The van der Waals surface area contributed by atoms with Gasteiger partial charge in [0, 0.05) is 5.41 Å². The molecule has 3 unspecified atom stereocenters. The molecule has 2 aliphatic carbocycles. The first-order chi connectivity index (χ1) is 10.4. The monoisotopic (exact) mass is 420 g/mol. The Balaban J connectivity index is 2.23. The molecule has 2 bridgehead atoms. The Hall–Kier alpha value is 0.200. The van der Waals surface area contributed by atoms with Crippen molar-refractivity contribution in [3.8, 4) is 0 Å². The highest BCUT2D eigenvalue weighted by Gasteiger charge is 2.53. The van der Waals surface area contributed by atoms with E-state index in [-0.39, 0.29) is 20.9 Å². The number of ether oxygens (including phenoxy) is 1. The van der Waals surface area contributed by atoms with Crippen LogP contribution >= 0.6 is 22.6 Å². The highest BCUT2D eigenvalue weighted by atomic mass is 127. The van der Waals surface area contributed by atoms with Crippen LogP contribution < -0.4 is 0 Å². The predicted octanol–water partition coefficient (Wildman–Crippen LogP) is 5.91. The predicted molar refractivity (Wildman–Crippen MR) is 100 cm³/mol. The standard InChI is InChI=1S/C19H33IO2/c1-5-16(20)17(21)22-19(6-2,7-3)18(4)12-14-9-8-10-15(11-14)13-18/h14-16H,5-13H2,1-4H3. The minimum Gasteiger partial charge on any atom is -0.458 e. The van der Waals surface area contributed by atoms with Gasteiger partial charge < -0.3 is 4.74 Å². The van der Waals surface area contributed by atoms with E-state index in [9.17, 15) is 4.79 Å². The van der Waals surface area contributed by atoms with Gasteiger partial charge in [-0.3, -0.25) is 4.79 Å². The molecule has 3 heteroatoms. The molecule has 2 saturated carbocycles. The first-order valence-corrected chi connectivity index (χ1v) is 10.5. The first-order valence-electron chi connectivity index (χ1n) is 9.26. The Bertz CT molecular complexity index is 377. The molecule has 0 aromatic carbocycles. The van der Waals surface area contributed by atoms with Crippen molar-refractivity contribution in [2.45, 2.75) is 95.0 Å². The molecule has 2 nitrogen and oxygen atoms in total. The molecular formula is C19H33IO2. The second-order valence-corrected chi connectivity index (χ2v) is 9.37. The summed E-state index contributed by atoms with van der Waals surface area (Å²) in [5.41, 5.74) is -0.110. The van der Waals surface area contributed by atoms with Crippen molar-refractivity contribution in [2.75, 3.05) is 0 Å². The lowest BCUT2D eigenvalue weighted by molar-refractivity contribution is -0.188. The van der Waals surface area contributed by atoms with Crippen LogP contribution in [-0.2, 0) is 9.53 Å². The van der Waals surface area contributed by atoms with Gasteiger partial charge in [0.05, 0.1) is 0 Å². The van der Waals surface area contributed by atoms with Gasteiger partial charge >= 0.3 is 5.97 Å². The summed E-state index contributed by atoms with van der Waals surface area (Å²) in [6, 6.07) is 0. The highest BCUT2D eigenvalue weighted by molar-refractivity contribution is 14.1. The van der Waals surface area contributed by atoms with Gasteiger partial charge in [0.2, 0.25) is 0 Å². The van der Waals surface area contributed by atoms with E-state index in [0.717, 1.165) is 31.1 Å². The molecule has 128 valence electrons. The minimum atomic E-state index is -0.267. The molecule has 0 N–H and O–H groups in total. The van der Waals surface area contributed by atoms with Crippen molar-refractivity contribution in [1.82, 2.24) is 0 Å². The van der Waals surface area contributed by atoms with Gasteiger partial charge in [-0.15, -0.1) is 0 Å². The van der Waals surface area contributed by atoms with Crippen molar-refractivity contribution in [2.24, 2.45) is 17.3 Å². The van der Waals surface area contributed by atoms with Crippen molar-refractivity contribution >= 4 is 28.6 Å². The fraction of sp³-hybridized carbons (Fsp3) is 0.947. The second kappa shape index (κ2) is 7.40. The topological polar surface area (TPSA) is 26.3 Å². The van der Waals surface area contributed by atoms with Gasteiger partial charge in [-0.2, -0.15) is 0 Å². The van der Waals surface area contributed by atoms with Crippen LogP contribution in [0, 0.1) is 17.3 Å². The number of rotatable bonds is 6. The van der Waals surface area contributed by atoms with E-state index in [1.165, 1.54) is 38.5 Å². The first kappa shape index (κ1) is 18.5. The zero-order valence-electron chi connectivity index (χ0n) is 14.8. The summed E-state index contributed by atoms with van der Waals surface area (Å²) < 4.78 is 6.24. The lowest BCUT2D eigenvalue weighted by Gasteiger charge is -2.54. The maximum atomic E-state index is 12.5. The van der Waals surface area contributed by atoms with E-state index in [1.54, 1.807) is 0 Å². The van der Waals surface area contributed by atoms with E-state index >= 15 is 0 Å². The summed E-state index contributed by atoms with van der Waals surface area (Å²) in [6.07, 6.45) is 10.8.